The first-order valence-electron chi connectivity index (χ1n) is 7.56. The summed E-state index contributed by atoms with van der Waals surface area (Å²) in [6.07, 6.45) is 8.46. The second-order valence-electron chi connectivity index (χ2n) is 5.70. The van der Waals surface area contributed by atoms with E-state index in [9.17, 15) is 0 Å². The molecule has 0 aromatic carbocycles. The van der Waals surface area contributed by atoms with Crippen molar-refractivity contribution >= 4 is 0 Å². The van der Waals surface area contributed by atoms with Crippen molar-refractivity contribution in [1.29, 1.82) is 0 Å². The third kappa shape index (κ3) is 5.39. The summed E-state index contributed by atoms with van der Waals surface area (Å²) in [7, 11) is 0. The van der Waals surface area contributed by atoms with E-state index >= 15 is 0 Å². The fourth-order valence-electron chi connectivity index (χ4n) is 2.87. The molecule has 4 unspecified atom stereocenters. The molecule has 0 saturated heterocycles. The van der Waals surface area contributed by atoms with Crippen LogP contribution in [0.5, 0.6) is 0 Å². The van der Waals surface area contributed by atoms with Gasteiger partial charge >= 0.3 is 0 Å². The Labute approximate surface area is 108 Å². The van der Waals surface area contributed by atoms with E-state index in [1.54, 1.807) is 0 Å². The normalized spacial score (nSPS) is 28.9. The first-order chi connectivity index (χ1) is 8.17. The average Bonchev–Trinajstić information content (AvgIpc) is 2.30. The minimum atomic E-state index is 0.349. The molecule has 0 aliphatic heterocycles. The molecular formula is C15H31NO. The van der Waals surface area contributed by atoms with Gasteiger partial charge in [-0.05, 0) is 45.1 Å². The maximum absolute atomic E-state index is 6.25. The van der Waals surface area contributed by atoms with Gasteiger partial charge in [-0.1, -0.05) is 33.6 Å². The van der Waals surface area contributed by atoms with Crippen LogP contribution < -0.4 is 5.32 Å². The fourth-order valence-corrected chi connectivity index (χ4v) is 2.87. The van der Waals surface area contributed by atoms with E-state index in [-0.39, 0.29) is 0 Å². The summed E-state index contributed by atoms with van der Waals surface area (Å²) < 4.78 is 6.25. The monoisotopic (exact) mass is 241 g/mol. The minimum absolute atomic E-state index is 0.349. The summed E-state index contributed by atoms with van der Waals surface area (Å²) in [5.74, 6) is 0.852. The van der Waals surface area contributed by atoms with E-state index in [1.807, 2.05) is 0 Å². The van der Waals surface area contributed by atoms with E-state index < -0.39 is 0 Å². The Morgan fingerprint density at radius 2 is 2.06 bits per heavy atom. The predicted octanol–water partition coefficient (Wildman–Crippen LogP) is 3.75. The molecule has 1 aliphatic rings. The molecule has 1 rings (SSSR count). The highest BCUT2D eigenvalue weighted by molar-refractivity contribution is 4.76. The number of nitrogens with one attached hydrogen (secondary N) is 1. The van der Waals surface area contributed by atoms with Crippen LogP contribution in [0.25, 0.3) is 0 Å². The van der Waals surface area contributed by atoms with Crippen LogP contribution in [0.3, 0.4) is 0 Å². The SMILES string of the molecule is CCCNC(CC)C(C)OC1CCCC(C)C1. The van der Waals surface area contributed by atoms with Gasteiger partial charge in [-0.2, -0.15) is 0 Å². The molecule has 0 aromatic heterocycles. The Kier molecular flexibility index (Phi) is 7.14. The molecule has 1 N–H and O–H groups in total. The van der Waals surface area contributed by atoms with Gasteiger partial charge in [0, 0.05) is 6.04 Å². The summed E-state index contributed by atoms with van der Waals surface area (Å²) in [5, 5.41) is 3.59. The lowest BCUT2D eigenvalue weighted by Gasteiger charge is -2.32. The Morgan fingerprint density at radius 1 is 1.29 bits per heavy atom. The van der Waals surface area contributed by atoms with E-state index in [4.69, 9.17) is 4.74 Å². The van der Waals surface area contributed by atoms with Crippen molar-refractivity contribution in [3.63, 3.8) is 0 Å². The molecule has 0 radical (unpaired) electrons. The topological polar surface area (TPSA) is 21.3 Å². The summed E-state index contributed by atoms with van der Waals surface area (Å²) >= 11 is 0. The van der Waals surface area contributed by atoms with Crippen molar-refractivity contribution < 1.29 is 4.74 Å². The van der Waals surface area contributed by atoms with Gasteiger partial charge in [0.05, 0.1) is 12.2 Å². The van der Waals surface area contributed by atoms with E-state index in [0.29, 0.717) is 18.2 Å². The molecule has 2 nitrogen and oxygen atoms in total. The molecule has 17 heavy (non-hydrogen) atoms. The van der Waals surface area contributed by atoms with Crippen molar-refractivity contribution in [3.05, 3.63) is 0 Å². The number of rotatable bonds is 7. The van der Waals surface area contributed by atoms with Crippen molar-refractivity contribution in [2.24, 2.45) is 5.92 Å². The van der Waals surface area contributed by atoms with Gasteiger partial charge < -0.3 is 10.1 Å². The van der Waals surface area contributed by atoms with Crippen molar-refractivity contribution in [2.45, 2.75) is 84.5 Å². The summed E-state index contributed by atoms with van der Waals surface area (Å²) in [6, 6.07) is 0.521. The molecule has 4 atom stereocenters. The molecule has 1 fully saturated rings. The second kappa shape index (κ2) is 8.10. The standard InChI is InChI=1S/C15H31NO/c1-5-10-16-15(6-2)13(4)17-14-9-7-8-12(3)11-14/h12-16H,5-11H2,1-4H3. The molecule has 0 spiro atoms. The van der Waals surface area contributed by atoms with Crippen LogP contribution in [0, 0.1) is 5.92 Å². The quantitative estimate of drug-likeness (QED) is 0.733. The van der Waals surface area contributed by atoms with Crippen molar-refractivity contribution in [1.82, 2.24) is 5.32 Å². The van der Waals surface area contributed by atoms with Crippen LogP contribution in [-0.2, 0) is 4.74 Å². The first-order valence-corrected chi connectivity index (χ1v) is 7.56. The lowest BCUT2D eigenvalue weighted by Crippen LogP contribution is -2.42. The first kappa shape index (κ1) is 15.0. The lowest BCUT2D eigenvalue weighted by molar-refractivity contribution is -0.0461. The van der Waals surface area contributed by atoms with Crippen LogP contribution in [0.15, 0.2) is 0 Å². The van der Waals surface area contributed by atoms with Crippen LogP contribution in [0.4, 0.5) is 0 Å². The molecule has 0 amide bonds. The maximum atomic E-state index is 6.25. The molecule has 1 aliphatic carbocycles. The third-order valence-electron chi connectivity index (χ3n) is 3.96. The third-order valence-corrected chi connectivity index (χ3v) is 3.96. The van der Waals surface area contributed by atoms with Gasteiger partial charge in [0.15, 0.2) is 0 Å². The lowest BCUT2D eigenvalue weighted by atomic mass is 9.88. The molecule has 2 heteroatoms. The van der Waals surface area contributed by atoms with E-state index in [1.165, 1.54) is 32.1 Å². The van der Waals surface area contributed by atoms with Crippen LogP contribution in [0.1, 0.15) is 66.2 Å². The smallest absolute Gasteiger partial charge is 0.0703 e. The van der Waals surface area contributed by atoms with Gasteiger partial charge in [-0.3, -0.25) is 0 Å². The Hall–Kier alpha value is -0.0800. The molecule has 102 valence electrons. The van der Waals surface area contributed by atoms with Gasteiger partial charge in [0.1, 0.15) is 0 Å². The van der Waals surface area contributed by atoms with Crippen molar-refractivity contribution in [2.75, 3.05) is 6.54 Å². The molecular weight excluding hydrogens is 210 g/mol. The number of hydrogen-bond acceptors (Lipinski definition) is 2. The highest BCUT2D eigenvalue weighted by Crippen LogP contribution is 2.27. The van der Waals surface area contributed by atoms with Gasteiger partial charge in [-0.25, -0.2) is 0 Å². The zero-order valence-electron chi connectivity index (χ0n) is 12.2. The number of hydrogen-bond donors (Lipinski definition) is 1. The molecule has 1 saturated carbocycles. The van der Waals surface area contributed by atoms with Crippen molar-refractivity contribution in [3.8, 4) is 0 Å². The summed E-state index contributed by atoms with van der Waals surface area (Å²) in [4.78, 5) is 0. The predicted molar refractivity (Wildman–Crippen MR) is 74.3 cm³/mol. The number of ether oxygens (including phenoxy) is 1. The van der Waals surface area contributed by atoms with E-state index in [2.05, 4.69) is 33.0 Å². The van der Waals surface area contributed by atoms with E-state index in [0.717, 1.165) is 18.9 Å². The second-order valence-corrected chi connectivity index (χ2v) is 5.70. The van der Waals surface area contributed by atoms with Crippen LogP contribution in [0.2, 0.25) is 0 Å². The zero-order chi connectivity index (χ0) is 12.7. The molecule has 0 aromatic rings. The maximum Gasteiger partial charge on any atom is 0.0703 e. The Morgan fingerprint density at radius 3 is 2.65 bits per heavy atom. The summed E-state index contributed by atoms with van der Waals surface area (Å²) in [5.41, 5.74) is 0. The minimum Gasteiger partial charge on any atom is -0.374 e. The highest BCUT2D eigenvalue weighted by Gasteiger charge is 2.24. The zero-order valence-corrected chi connectivity index (χ0v) is 12.2. The Balaban J connectivity index is 2.32. The van der Waals surface area contributed by atoms with Gasteiger partial charge in [0.2, 0.25) is 0 Å². The highest BCUT2D eigenvalue weighted by atomic mass is 16.5. The fraction of sp³-hybridized carbons (Fsp3) is 1.00. The van der Waals surface area contributed by atoms with Crippen LogP contribution >= 0.6 is 0 Å². The molecule has 0 heterocycles. The Bertz CT molecular complexity index is 195. The summed E-state index contributed by atoms with van der Waals surface area (Å²) in [6.45, 7) is 10.2. The largest absolute Gasteiger partial charge is 0.374 e. The van der Waals surface area contributed by atoms with Gasteiger partial charge in [0.25, 0.3) is 0 Å². The van der Waals surface area contributed by atoms with Crippen LogP contribution in [-0.4, -0.2) is 24.8 Å². The average molecular weight is 241 g/mol. The molecule has 0 bridgehead atoms. The van der Waals surface area contributed by atoms with Gasteiger partial charge in [-0.15, -0.1) is 0 Å².